The highest BCUT2D eigenvalue weighted by Crippen LogP contribution is 2.31. The molecule has 1 saturated heterocycles. The molecule has 1 heterocycles. The van der Waals surface area contributed by atoms with Gasteiger partial charge in [0.2, 0.25) is 0 Å². The molecule has 2 N–H and O–H groups in total. The summed E-state index contributed by atoms with van der Waals surface area (Å²) >= 11 is 0. The number of carbonyl (C=O) groups is 2. The van der Waals surface area contributed by atoms with Crippen molar-refractivity contribution in [2.75, 3.05) is 38.7 Å². The van der Waals surface area contributed by atoms with Crippen LogP contribution in [0, 0.1) is 12.3 Å². The highest BCUT2D eigenvalue weighted by atomic mass is 16.5. The van der Waals surface area contributed by atoms with Crippen molar-refractivity contribution in [2.45, 2.75) is 20.3 Å². The van der Waals surface area contributed by atoms with E-state index in [1.54, 1.807) is 20.1 Å². The summed E-state index contributed by atoms with van der Waals surface area (Å²) in [4.78, 5) is 25.3. The van der Waals surface area contributed by atoms with Crippen LogP contribution in [0.3, 0.4) is 0 Å². The van der Waals surface area contributed by atoms with Gasteiger partial charge in [0.15, 0.2) is 0 Å². The zero-order chi connectivity index (χ0) is 17.7. The van der Waals surface area contributed by atoms with Crippen LogP contribution < -0.4 is 10.1 Å². The van der Waals surface area contributed by atoms with Gasteiger partial charge in [0.05, 0.1) is 17.7 Å². The fourth-order valence-electron chi connectivity index (χ4n) is 2.59. The topological polar surface area (TPSA) is 88.1 Å². The molecule has 0 aliphatic carbocycles. The van der Waals surface area contributed by atoms with E-state index in [0.717, 1.165) is 5.56 Å². The Morgan fingerprint density at radius 3 is 2.75 bits per heavy atom. The highest BCUT2D eigenvalue weighted by Gasteiger charge is 2.42. The zero-order valence-electron chi connectivity index (χ0n) is 14.3. The van der Waals surface area contributed by atoms with Crippen molar-refractivity contribution in [3.63, 3.8) is 0 Å². The number of hydrogen-bond donors (Lipinski definition) is 2. The molecule has 1 aromatic rings. The molecule has 2 rings (SSSR count). The first-order chi connectivity index (χ1) is 11.4. The van der Waals surface area contributed by atoms with Crippen LogP contribution in [0.2, 0.25) is 0 Å². The van der Waals surface area contributed by atoms with Crippen molar-refractivity contribution >= 4 is 17.7 Å². The molecule has 0 spiro atoms. The van der Waals surface area contributed by atoms with E-state index in [2.05, 4.69) is 5.32 Å². The number of carboxylic acid groups (broad SMARTS) is 1. The summed E-state index contributed by atoms with van der Waals surface area (Å²) in [5.41, 5.74) is 0.688. The molecule has 0 aromatic heterocycles. The third-order valence-corrected chi connectivity index (χ3v) is 4.20. The number of methoxy groups -OCH3 is 1. The van der Waals surface area contributed by atoms with Gasteiger partial charge in [-0.3, -0.25) is 4.79 Å². The van der Waals surface area contributed by atoms with Crippen LogP contribution in [-0.4, -0.2) is 55.4 Å². The summed E-state index contributed by atoms with van der Waals surface area (Å²) in [6, 6.07) is 5.18. The normalized spacial score (nSPS) is 20.0. The molecule has 132 valence electrons. The van der Waals surface area contributed by atoms with E-state index in [-0.39, 0.29) is 12.6 Å². The van der Waals surface area contributed by atoms with E-state index < -0.39 is 11.4 Å². The maximum Gasteiger partial charge on any atom is 0.321 e. The van der Waals surface area contributed by atoms with Gasteiger partial charge in [0.1, 0.15) is 12.4 Å². The summed E-state index contributed by atoms with van der Waals surface area (Å²) in [7, 11) is 1.59. The number of aryl methyl sites for hydroxylation is 1. The first kappa shape index (κ1) is 18.1. The van der Waals surface area contributed by atoms with Crippen molar-refractivity contribution in [1.82, 2.24) is 4.90 Å². The van der Waals surface area contributed by atoms with Crippen LogP contribution in [0.25, 0.3) is 0 Å². The van der Waals surface area contributed by atoms with Crippen LogP contribution in [0.1, 0.15) is 18.9 Å². The number of amides is 2. The smallest absolute Gasteiger partial charge is 0.321 e. The molecule has 0 saturated carbocycles. The summed E-state index contributed by atoms with van der Waals surface area (Å²) in [5.74, 6) is -0.308. The Morgan fingerprint density at radius 1 is 1.38 bits per heavy atom. The second kappa shape index (κ2) is 7.53. The van der Waals surface area contributed by atoms with Crippen LogP contribution in [0.4, 0.5) is 10.5 Å². The minimum absolute atomic E-state index is 0.194. The minimum Gasteiger partial charge on any atom is -0.489 e. The van der Waals surface area contributed by atoms with Crippen molar-refractivity contribution in [1.29, 1.82) is 0 Å². The van der Waals surface area contributed by atoms with Gasteiger partial charge < -0.3 is 24.8 Å². The molecule has 1 unspecified atom stereocenters. The van der Waals surface area contributed by atoms with Crippen molar-refractivity contribution in [3.05, 3.63) is 23.8 Å². The molecular weight excluding hydrogens is 312 g/mol. The lowest BCUT2D eigenvalue weighted by molar-refractivity contribution is -0.146. The van der Waals surface area contributed by atoms with Gasteiger partial charge in [-0.2, -0.15) is 0 Å². The van der Waals surface area contributed by atoms with Crippen LogP contribution in [0.15, 0.2) is 18.2 Å². The quantitative estimate of drug-likeness (QED) is 0.779. The van der Waals surface area contributed by atoms with Crippen molar-refractivity contribution < 1.29 is 24.2 Å². The monoisotopic (exact) mass is 336 g/mol. The van der Waals surface area contributed by atoms with Crippen molar-refractivity contribution in [3.8, 4) is 5.75 Å². The summed E-state index contributed by atoms with van der Waals surface area (Å²) in [5, 5.41) is 12.1. The Bertz CT molecular complexity index is 619. The number of ether oxygens (including phenoxy) is 2. The lowest BCUT2D eigenvalue weighted by Gasteiger charge is -2.21. The highest BCUT2D eigenvalue weighted by molar-refractivity contribution is 5.92. The van der Waals surface area contributed by atoms with E-state index in [1.807, 2.05) is 19.1 Å². The van der Waals surface area contributed by atoms with Crippen LogP contribution in [0.5, 0.6) is 5.75 Å². The number of carboxylic acids is 1. The molecule has 1 aliphatic rings. The molecule has 1 fully saturated rings. The van der Waals surface area contributed by atoms with Gasteiger partial charge in [0, 0.05) is 20.2 Å². The van der Waals surface area contributed by atoms with Crippen LogP contribution in [-0.2, 0) is 9.53 Å². The summed E-state index contributed by atoms with van der Waals surface area (Å²) in [6.45, 7) is 5.04. The number of nitrogens with one attached hydrogen (secondary N) is 1. The second-order valence-electron chi connectivity index (χ2n) is 6.31. The average Bonchev–Trinajstić information content (AvgIpc) is 2.94. The fraction of sp³-hybridized carbons (Fsp3) is 0.529. The Labute approximate surface area is 141 Å². The number of anilines is 1. The maximum absolute atomic E-state index is 12.4. The number of carbonyl (C=O) groups excluding carboxylic acids is 1. The number of urea groups is 1. The summed E-state index contributed by atoms with van der Waals surface area (Å²) < 4.78 is 10.6. The summed E-state index contributed by atoms with van der Waals surface area (Å²) in [6.07, 6.45) is 0.445. The third-order valence-electron chi connectivity index (χ3n) is 4.20. The third kappa shape index (κ3) is 4.17. The van der Waals surface area contributed by atoms with E-state index >= 15 is 0 Å². The lowest BCUT2D eigenvalue weighted by atomic mass is 9.90. The Hall–Kier alpha value is -2.28. The van der Waals surface area contributed by atoms with Gasteiger partial charge in [0.25, 0.3) is 0 Å². The van der Waals surface area contributed by atoms with Gasteiger partial charge in [-0.25, -0.2) is 4.79 Å². The lowest BCUT2D eigenvalue weighted by Crippen LogP contribution is -2.37. The number of aliphatic carboxylic acids is 1. The number of likely N-dealkylation sites (tertiary alicyclic amines) is 1. The largest absolute Gasteiger partial charge is 0.489 e. The van der Waals surface area contributed by atoms with E-state index in [0.29, 0.717) is 37.6 Å². The predicted octanol–water partition coefficient (Wildman–Crippen LogP) is 2.35. The minimum atomic E-state index is -0.886. The fourth-order valence-corrected chi connectivity index (χ4v) is 2.59. The molecule has 1 atom stereocenters. The van der Waals surface area contributed by atoms with Gasteiger partial charge >= 0.3 is 12.0 Å². The number of nitrogens with zero attached hydrogens (tertiary/aromatic N) is 1. The van der Waals surface area contributed by atoms with Gasteiger partial charge in [-0.1, -0.05) is 6.07 Å². The van der Waals surface area contributed by atoms with Gasteiger partial charge in [-0.15, -0.1) is 0 Å². The number of benzene rings is 1. The Kier molecular flexibility index (Phi) is 5.66. The first-order valence-electron chi connectivity index (χ1n) is 7.87. The SMILES string of the molecule is COCCOc1cc(C)ccc1NC(=O)N1CCC(C)(C(=O)O)C1. The number of hydrogen-bond acceptors (Lipinski definition) is 4. The van der Waals surface area contributed by atoms with Gasteiger partial charge in [-0.05, 0) is 38.0 Å². The molecule has 7 heteroatoms. The molecule has 1 aromatic carbocycles. The molecule has 0 bridgehead atoms. The first-order valence-corrected chi connectivity index (χ1v) is 7.87. The zero-order valence-corrected chi connectivity index (χ0v) is 14.3. The Balaban J connectivity index is 2.05. The maximum atomic E-state index is 12.4. The number of rotatable bonds is 6. The molecule has 0 radical (unpaired) electrons. The molecule has 24 heavy (non-hydrogen) atoms. The Morgan fingerprint density at radius 2 is 2.12 bits per heavy atom. The average molecular weight is 336 g/mol. The standard InChI is InChI=1S/C17H24N2O5/c1-12-4-5-13(14(10-12)24-9-8-23-3)18-16(22)19-7-6-17(2,11-19)15(20)21/h4-5,10H,6-9,11H2,1-3H3,(H,18,22)(H,20,21). The molecular formula is C17H24N2O5. The molecule has 1 aliphatic heterocycles. The van der Waals surface area contributed by atoms with E-state index in [1.165, 1.54) is 4.90 Å². The molecule has 2 amide bonds. The molecule has 7 nitrogen and oxygen atoms in total. The van der Waals surface area contributed by atoms with Crippen LogP contribution >= 0.6 is 0 Å². The van der Waals surface area contributed by atoms with Crippen molar-refractivity contribution in [2.24, 2.45) is 5.41 Å². The second-order valence-corrected chi connectivity index (χ2v) is 6.31. The predicted molar refractivity (Wildman–Crippen MR) is 89.5 cm³/mol. The van der Waals surface area contributed by atoms with E-state index in [4.69, 9.17) is 9.47 Å². The van der Waals surface area contributed by atoms with E-state index in [9.17, 15) is 14.7 Å².